The van der Waals surface area contributed by atoms with E-state index in [-0.39, 0.29) is 16.8 Å². The number of nitrogens with zero attached hydrogens (tertiary/aromatic N) is 1. The first-order valence-corrected chi connectivity index (χ1v) is 6.38. The van der Waals surface area contributed by atoms with Gasteiger partial charge < -0.3 is 15.2 Å². The maximum absolute atomic E-state index is 13.4. The van der Waals surface area contributed by atoms with E-state index in [1.165, 1.54) is 0 Å². The first kappa shape index (κ1) is 16.3. The van der Waals surface area contributed by atoms with E-state index < -0.39 is 28.4 Å². The molecule has 0 aliphatic heterocycles. The van der Waals surface area contributed by atoms with E-state index in [1.807, 2.05) is 0 Å². The van der Waals surface area contributed by atoms with Crippen LogP contribution in [-0.4, -0.2) is 35.2 Å². The number of ether oxygens (including phenoxy) is 1. The smallest absolute Gasteiger partial charge is 0.324 e. The normalized spacial score (nSPS) is 11.9. The van der Waals surface area contributed by atoms with Crippen LogP contribution in [0, 0.1) is 15.9 Å². The molecule has 0 aromatic heterocycles. The van der Waals surface area contributed by atoms with Crippen molar-refractivity contribution in [1.82, 2.24) is 5.32 Å². The summed E-state index contributed by atoms with van der Waals surface area (Å²) in [6.07, 6.45) is 0. The fourth-order valence-electron chi connectivity index (χ4n) is 1.41. The quantitative estimate of drug-likeness (QED) is 0.575. The molecule has 0 saturated heterocycles. The lowest BCUT2D eigenvalue weighted by Gasteiger charge is -2.14. The minimum absolute atomic E-state index is 0.0713. The Kier molecular flexibility index (Phi) is 5.83. The molecule has 2 N–H and O–H groups in total. The van der Waals surface area contributed by atoms with Gasteiger partial charge in [0.2, 0.25) is 0 Å². The number of carboxylic acids is 1. The third-order valence-electron chi connectivity index (χ3n) is 2.35. The van der Waals surface area contributed by atoms with Crippen LogP contribution in [-0.2, 0) is 4.79 Å². The minimum atomic E-state index is -1.16. The highest BCUT2D eigenvalue weighted by molar-refractivity contribution is 9.10. The number of aliphatic carboxylic acids is 1. The molecule has 1 aromatic rings. The predicted molar refractivity (Wildman–Crippen MR) is 71.3 cm³/mol. The van der Waals surface area contributed by atoms with Crippen LogP contribution in [0.4, 0.5) is 10.1 Å². The third kappa shape index (κ3) is 4.14. The third-order valence-corrected chi connectivity index (χ3v) is 2.96. The molecule has 0 amide bonds. The molecular weight excluding hydrogens is 339 g/mol. The van der Waals surface area contributed by atoms with E-state index in [9.17, 15) is 19.3 Å². The van der Waals surface area contributed by atoms with Gasteiger partial charge in [-0.15, -0.1) is 0 Å². The summed E-state index contributed by atoms with van der Waals surface area (Å²) in [7, 11) is 0. The van der Waals surface area contributed by atoms with Crippen molar-refractivity contribution in [2.24, 2.45) is 0 Å². The monoisotopic (exact) mass is 350 g/mol. The lowest BCUT2D eigenvalue weighted by Crippen LogP contribution is -2.41. The first-order chi connectivity index (χ1) is 9.36. The van der Waals surface area contributed by atoms with Crippen LogP contribution in [0.5, 0.6) is 5.75 Å². The Morgan fingerprint density at radius 1 is 1.65 bits per heavy atom. The van der Waals surface area contributed by atoms with Gasteiger partial charge in [0.1, 0.15) is 18.5 Å². The zero-order chi connectivity index (χ0) is 15.3. The fraction of sp³-hybridized carbons (Fsp3) is 0.364. The second-order valence-corrected chi connectivity index (χ2v) is 4.60. The van der Waals surface area contributed by atoms with Crippen molar-refractivity contribution in [3.05, 3.63) is 32.5 Å². The Bertz CT molecular complexity index is 526. The highest BCUT2D eigenvalue weighted by Crippen LogP contribution is 2.32. The number of benzene rings is 1. The molecule has 0 bridgehead atoms. The summed E-state index contributed by atoms with van der Waals surface area (Å²) in [4.78, 5) is 21.0. The topological polar surface area (TPSA) is 102 Å². The molecule has 0 saturated carbocycles. The zero-order valence-corrected chi connectivity index (χ0v) is 12.0. The van der Waals surface area contributed by atoms with Crippen LogP contribution in [0.2, 0.25) is 0 Å². The molecule has 1 rings (SSSR count). The molecule has 110 valence electrons. The highest BCUT2D eigenvalue weighted by Gasteiger charge is 2.22. The first-order valence-electron chi connectivity index (χ1n) is 5.59. The number of carbonyl (C=O) groups is 1. The van der Waals surface area contributed by atoms with E-state index in [1.54, 1.807) is 6.92 Å². The van der Waals surface area contributed by atoms with Crippen LogP contribution >= 0.6 is 15.9 Å². The van der Waals surface area contributed by atoms with Gasteiger partial charge in [0.15, 0.2) is 5.75 Å². The Balaban J connectivity index is 2.93. The van der Waals surface area contributed by atoms with Gasteiger partial charge in [-0.3, -0.25) is 14.9 Å². The van der Waals surface area contributed by atoms with Crippen molar-refractivity contribution in [3.8, 4) is 5.75 Å². The molecule has 0 aliphatic carbocycles. The molecule has 0 aliphatic rings. The van der Waals surface area contributed by atoms with E-state index in [4.69, 9.17) is 9.84 Å². The van der Waals surface area contributed by atoms with Gasteiger partial charge in [-0.05, 0) is 22.5 Å². The van der Waals surface area contributed by atoms with Gasteiger partial charge in [-0.25, -0.2) is 4.39 Å². The van der Waals surface area contributed by atoms with Gasteiger partial charge in [-0.1, -0.05) is 6.92 Å². The van der Waals surface area contributed by atoms with Gasteiger partial charge >= 0.3 is 11.7 Å². The Labute approximate surface area is 122 Å². The molecule has 9 heteroatoms. The lowest BCUT2D eigenvalue weighted by molar-refractivity contribution is -0.386. The number of likely N-dealkylation sites (N-methyl/N-ethyl adjacent to an activating group) is 1. The molecule has 1 aromatic carbocycles. The van der Waals surface area contributed by atoms with Gasteiger partial charge in [0.05, 0.1) is 9.40 Å². The summed E-state index contributed by atoms with van der Waals surface area (Å²) in [6, 6.07) is 0.770. The van der Waals surface area contributed by atoms with Crippen molar-refractivity contribution in [1.29, 1.82) is 0 Å². The lowest BCUT2D eigenvalue weighted by atomic mass is 10.2. The van der Waals surface area contributed by atoms with E-state index in [0.29, 0.717) is 6.54 Å². The van der Waals surface area contributed by atoms with E-state index >= 15 is 0 Å². The summed E-state index contributed by atoms with van der Waals surface area (Å²) >= 11 is 2.84. The predicted octanol–water partition coefficient (Wildman–Crippen LogP) is 1.94. The number of nitrogens with one attached hydrogen (secondary N) is 1. The average Bonchev–Trinajstić information content (AvgIpc) is 2.37. The van der Waals surface area contributed by atoms with Crippen LogP contribution < -0.4 is 10.1 Å². The number of carboxylic acid groups (broad SMARTS) is 1. The number of nitro groups is 1. The summed E-state index contributed by atoms with van der Waals surface area (Å²) < 4.78 is 18.4. The van der Waals surface area contributed by atoms with Crippen LogP contribution in [0.3, 0.4) is 0 Å². The molecule has 1 atom stereocenters. The Morgan fingerprint density at radius 2 is 2.30 bits per heavy atom. The van der Waals surface area contributed by atoms with Crippen molar-refractivity contribution >= 4 is 27.6 Å². The Hall–Kier alpha value is -1.74. The number of halogens is 2. The largest absolute Gasteiger partial charge is 0.484 e. The number of hydrogen-bond donors (Lipinski definition) is 2. The second kappa shape index (κ2) is 7.15. The van der Waals surface area contributed by atoms with Crippen molar-refractivity contribution in [2.75, 3.05) is 13.2 Å². The molecule has 20 heavy (non-hydrogen) atoms. The second-order valence-electron chi connectivity index (χ2n) is 3.75. The molecule has 0 heterocycles. The van der Waals surface area contributed by atoms with Gasteiger partial charge in [-0.2, -0.15) is 0 Å². The average molecular weight is 351 g/mol. The molecular formula is C11H12BrFN2O5. The van der Waals surface area contributed by atoms with Crippen molar-refractivity contribution in [3.63, 3.8) is 0 Å². The van der Waals surface area contributed by atoms with E-state index in [0.717, 1.165) is 12.1 Å². The SMILES string of the molecule is CCNC(COc1cc(F)c(Br)cc1[N+](=O)[O-])C(=O)O. The van der Waals surface area contributed by atoms with Crippen molar-refractivity contribution < 1.29 is 24.0 Å². The summed E-state index contributed by atoms with van der Waals surface area (Å²) in [5.74, 6) is -2.21. The standard InChI is InChI=1S/C11H12BrFN2O5/c1-2-14-8(11(16)17)5-20-10-4-7(13)6(12)3-9(10)15(18)19/h3-4,8,14H,2,5H2,1H3,(H,16,17). The molecule has 0 spiro atoms. The summed E-state index contributed by atoms with van der Waals surface area (Å²) in [5.41, 5.74) is -0.445. The molecule has 0 radical (unpaired) electrons. The maximum atomic E-state index is 13.4. The van der Waals surface area contributed by atoms with E-state index in [2.05, 4.69) is 21.2 Å². The maximum Gasteiger partial charge on any atom is 0.324 e. The number of nitro benzene ring substituents is 1. The number of rotatable bonds is 7. The molecule has 0 fully saturated rings. The molecule has 7 nitrogen and oxygen atoms in total. The van der Waals surface area contributed by atoms with Crippen molar-refractivity contribution in [2.45, 2.75) is 13.0 Å². The highest BCUT2D eigenvalue weighted by atomic mass is 79.9. The zero-order valence-electron chi connectivity index (χ0n) is 10.4. The van der Waals surface area contributed by atoms with Crippen LogP contribution in [0.1, 0.15) is 6.92 Å². The number of hydrogen-bond acceptors (Lipinski definition) is 5. The fourth-order valence-corrected chi connectivity index (χ4v) is 1.74. The van der Waals surface area contributed by atoms with Gasteiger partial charge in [0.25, 0.3) is 0 Å². The van der Waals surface area contributed by atoms with Gasteiger partial charge in [0, 0.05) is 12.1 Å². The van der Waals surface area contributed by atoms with Crippen LogP contribution in [0.25, 0.3) is 0 Å². The summed E-state index contributed by atoms with van der Waals surface area (Å²) in [6.45, 7) is 1.74. The molecule has 1 unspecified atom stereocenters. The Morgan fingerprint density at radius 3 is 2.80 bits per heavy atom. The summed E-state index contributed by atoms with van der Waals surface area (Å²) in [5, 5.41) is 22.4. The van der Waals surface area contributed by atoms with Crippen LogP contribution in [0.15, 0.2) is 16.6 Å². The minimum Gasteiger partial charge on any atom is -0.484 e.